The van der Waals surface area contributed by atoms with Crippen LogP contribution in [0.5, 0.6) is 0 Å². The summed E-state index contributed by atoms with van der Waals surface area (Å²) in [7, 11) is 1.53. The molecule has 1 aromatic heterocycles. The van der Waals surface area contributed by atoms with E-state index in [1.807, 2.05) is 18.5 Å². The maximum atomic E-state index is 12.1. The second-order valence-corrected chi connectivity index (χ2v) is 5.44. The number of nitrogens with zero attached hydrogens (tertiary/aromatic N) is 4. The van der Waals surface area contributed by atoms with Crippen LogP contribution >= 0.6 is 0 Å². The molecule has 0 spiro atoms. The van der Waals surface area contributed by atoms with E-state index in [9.17, 15) is 14.4 Å². The van der Waals surface area contributed by atoms with Crippen LogP contribution in [0.1, 0.15) is 24.7 Å². The first-order valence-corrected chi connectivity index (χ1v) is 7.24. The maximum absolute atomic E-state index is 12.1. The topological polar surface area (TPSA) is 87.5 Å². The highest BCUT2D eigenvalue weighted by atomic mass is 16.2. The largest absolute Gasteiger partial charge is 0.327 e. The maximum Gasteiger partial charge on any atom is 0.327 e. The normalized spacial score (nSPS) is 14.9. The van der Waals surface area contributed by atoms with Gasteiger partial charge < -0.3 is 10.2 Å². The van der Waals surface area contributed by atoms with Gasteiger partial charge in [-0.2, -0.15) is 5.10 Å². The number of hydrogen-bond acceptors (Lipinski definition) is 4. The molecular weight excluding hydrogens is 286 g/mol. The van der Waals surface area contributed by atoms with Crippen LogP contribution in [0.4, 0.5) is 10.5 Å². The number of likely N-dealkylation sites (N-methyl/N-ethyl adjacent to an activating group) is 1. The predicted molar refractivity (Wildman–Crippen MR) is 80.4 cm³/mol. The molecule has 8 nitrogen and oxygen atoms in total. The summed E-state index contributed by atoms with van der Waals surface area (Å²) in [5.41, 5.74) is 2.23. The fourth-order valence-electron chi connectivity index (χ4n) is 2.45. The molecular formula is C14H21N5O3. The molecule has 2 heterocycles. The molecule has 1 fully saturated rings. The summed E-state index contributed by atoms with van der Waals surface area (Å²) in [6, 6.07) is -0.449. The molecule has 22 heavy (non-hydrogen) atoms. The number of carbonyl (C=O) groups excluding carboxylic acids is 3. The molecule has 1 aromatic rings. The molecule has 0 atom stereocenters. The van der Waals surface area contributed by atoms with Gasteiger partial charge in [0.2, 0.25) is 5.91 Å². The van der Waals surface area contributed by atoms with Crippen LogP contribution in [-0.2, 0) is 16.1 Å². The van der Waals surface area contributed by atoms with Crippen molar-refractivity contribution in [1.29, 1.82) is 0 Å². The van der Waals surface area contributed by atoms with Crippen molar-refractivity contribution in [3.05, 3.63) is 11.4 Å². The van der Waals surface area contributed by atoms with Gasteiger partial charge in [-0.15, -0.1) is 0 Å². The number of imide groups is 1. The van der Waals surface area contributed by atoms with Crippen molar-refractivity contribution in [2.24, 2.45) is 0 Å². The number of urea groups is 1. The highest BCUT2D eigenvalue weighted by Gasteiger charge is 2.34. The Hall–Kier alpha value is -2.38. The summed E-state index contributed by atoms with van der Waals surface area (Å²) < 4.78 is 1.84. The first-order chi connectivity index (χ1) is 10.3. The number of hydrogen-bond donors (Lipinski definition) is 1. The Morgan fingerprint density at radius 1 is 1.32 bits per heavy atom. The van der Waals surface area contributed by atoms with Gasteiger partial charge in [-0.25, -0.2) is 4.79 Å². The lowest BCUT2D eigenvalue weighted by Crippen LogP contribution is -2.38. The van der Waals surface area contributed by atoms with E-state index >= 15 is 0 Å². The summed E-state index contributed by atoms with van der Waals surface area (Å²) in [6.45, 7) is 6.25. The van der Waals surface area contributed by atoms with E-state index in [1.54, 1.807) is 0 Å². The Balaban J connectivity index is 2.07. The lowest BCUT2D eigenvalue weighted by molar-refractivity contribution is -0.129. The van der Waals surface area contributed by atoms with Crippen molar-refractivity contribution in [3.63, 3.8) is 0 Å². The highest BCUT2D eigenvalue weighted by molar-refractivity contribution is 6.06. The van der Waals surface area contributed by atoms with Gasteiger partial charge in [-0.1, -0.05) is 6.92 Å². The molecule has 1 saturated heterocycles. The lowest BCUT2D eigenvalue weighted by Gasteiger charge is -2.14. The number of amides is 4. The van der Waals surface area contributed by atoms with Crippen LogP contribution in [0, 0.1) is 13.8 Å². The smallest absolute Gasteiger partial charge is 0.321 e. The molecule has 8 heteroatoms. The van der Waals surface area contributed by atoms with Gasteiger partial charge in [0, 0.05) is 13.6 Å². The minimum Gasteiger partial charge on any atom is -0.321 e. The number of aromatic nitrogens is 2. The number of anilines is 1. The molecule has 1 N–H and O–H groups in total. The van der Waals surface area contributed by atoms with Gasteiger partial charge in [0.05, 0.1) is 17.1 Å². The minimum absolute atomic E-state index is 0.0125. The minimum atomic E-state index is -0.449. The molecule has 4 amide bonds. The van der Waals surface area contributed by atoms with Crippen molar-refractivity contribution in [2.45, 2.75) is 33.7 Å². The average Bonchev–Trinajstić information content (AvgIpc) is 2.84. The zero-order valence-electron chi connectivity index (χ0n) is 13.3. The van der Waals surface area contributed by atoms with Crippen LogP contribution in [0.25, 0.3) is 0 Å². The van der Waals surface area contributed by atoms with E-state index in [-0.39, 0.29) is 19.0 Å². The van der Waals surface area contributed by atoms with Crippen LogP contribution in [0.2, 0.25) is 0 Å². The van der Waals surface area contributed by atoms with Gasteiger partial charge in [0.15, 0.2) is 0 Å². The zero-order valence-corrected chi connectivity index (χ0v) is 13.3. The third-order valence-electron chi connectivity index (χ3n) is 3.61. The van der Waals surface area contributed by atoms with Crippen LogP contribution in [-0.4, -0.2) is 57.6 Å². The fourth-order valence-corrected chi connectivity index (χ4v) is 2.45. The number of rotatable bonds is 5. The summed E-state index contributed by atoms with van der Waals surface area (Å²) in [6.07, 6.45) is 0.943. The summed E-state index contributed by atoms with van der Waals surface area (Å²) in [5, 5.41) is 7.13. The van der Waals surface area contributed by atoms with E-state index in [0.717, 1.165) is 29.3 Å². The number of carbonyl (C=O) groups is 3. The van der Waals surface area contributed by atoms with Crippen molar-refractivity contribution in [3.8, 4) is 0 Å². The lowest BCUT2D eigenvalue weighted by atomic mass is 10.3. The molecule has 120 valence electrons. The van der Waals surface area contributed by atoms with Gasteiger partial charge in [-0.05, 0) is 20.3 Å². The van der Waals surface area contributed by atoms with Crippen LogP contribution in [0.15, 0.2) is 0 Å². The molecule has 1 aliphatic rings. The van der Waals surface area contributed by atoms with Crippen LogP contribution in [0.3, 0.4) is 0 Å². The second-order valence-electron chi connectivity index (χ2n) is 5.44. The zero-order chi connectivity index (χ0) is 16.4. The molecule has 0 radical (unpaired) electrons. The van der Waals surface area contributed by atoms with Gasteiger partial charge in [0.25, 0.3) is 5.91 Å². The van der Waals surface area contributed by atoms with Crippen molar-refractivity contribution >= 4 is 23.5 Å². The SMILES string of the molecule is CCCn1nc(C)c(NC(=O)CN2C(=O)CN(C)C2=O)c1C. The first-order valence-electron chi connectivity index (χ1n) is 7.24. The van der Waals surface area contributed by atoms with Gasteiger partial charge in [0.1, 0.15) is 13.1 Å². The van der Waals surface area contributed by atoms with Gasteiger partial charge >= 0.3 is 6.03 Å². The Kier molecular flexibility index (Phi) is 4.48. The predicted octanol–water partition coefficient (Wildman–Crippen LogP) is 0.742. The monoisotopic (exact) mass is 307 g/mol. The summed E-state index contributed by atoms with van der Waals surface area (Å²) >= 11 is 0. The summed E-state index contributed by atoms with van der Waals surface area (Å²) in [4.78, 5) is 37.8. The standard InChI is InChI=1S/C14H21N5O3/c1-5-6-19-10(3)13(9(2)16-19)15-11(20)7-18-12(21)8-17(4)14(18)22/h5-8H2,1-4H3,(H,15,20). The second kappa shape index (κ2) is 6.17. The molecule has 0 bridgehead atoms. The molecule has 1 aliphatic heterocycles. The van der Waals surface area contributed by atoms with Crippen molar-refractivity contribution in [2.75, 3.05) is 25.5 Å². The molecule has 0 aromatic carbocycles. The Bertz CT molecular complexity index is 622. The van der Waals surface area contributed by atoms with E-state index < -0.39 is 11.9 Å². The summed E-state index contributed by atoms with van der Waals surface area (Å²) in [5.74, 6) is -0.767. The Labute approximate surface area is 129 Å². The quantitative estimate of drug-likeness (QED) is 0.813. The Morgan fingerprint density at radius 3 is 2.55 bits per heavy atom. The molecule has 0 aliphatic carbocycles. The number of nitrogens with one attached hydrogen (secondary N) is 1. The van der Waals surface area contributed by atoms with Crippen LogP contribution < -0.4 is 5.32 Å². The van der Waals surface area contributed by atoms with E-state index in [1.165, 1.54) is 11.9 Å². The number of aryl methyl sites for hydroxylation is 2. The van der Waals surface area contributed by atoms with Crippen molar-refractivity contribution in [1.82, 2.24) is 19.6 Å². The third kappa shape index (κ3) is 2.95. The molecule has 0 saturated carbocycles. The van der Waals surface area contributed by atoms with Crippen molar-refractivity contribution < 1.29 is 14.4 Å². The first kappa shape index (κ1) is 16.0. The molecule has 0 unspecified atom stereocenters. The average molecular weight is 307 g/mol. The van der Waals surface area contributed by atoms with E-state index in [2.05, 4.69) is 17.3 Å². The van der Waals surface area contributed by atoms with E-state index in [4.69, 9.17) is 0 Å². The van der Waals surface area contributed by atoms with E-state index in [0.29, 0.717) is 5.69 Å². The van der Waals surface area contributed by atoms with Gasteiger partial charge in [-0.3, -0.25) is 19.2 Å². The third-order valence-corrected chi connectivity index (χ3v) is 3.61. The Morgan fingerprint density at radius 2 is 2.00 bits per heavy atom. The molecule has 2 rings (SSSR count). The highest BCUT2D eigenvalue weighted by Crippen LogP contribution is 2.20. The fraction of sp³-hybridized carbons (Fsp3) is 0.571.